The van der Waals surface area contributed by atoms with Crippen LogP contribution in [-0.2, 0) is 18.6 Å². The molecule has 37 heavy (non-hydrogen) atoms. The van der Waals surface area contributed by atoms with Crippen molar-refractivity contribution in [1.29, 1.82) is 0 Å². The molecular formula is C29H34N8. The Morgan fingerprint density at radius 3 is 2.49 bits per heavy atom. The van der Waals surface area contributed by atoms with E-state index in [-0.39, 0.29) is 5.96 Å². The smallest absolute Gasteiger partial charge is 0.215 e. The van der Waals surface area contributed by atoms with E-state index in [1.807, 2.05) is 18.2 Å². The number of guanidine groups is 1. The minimum Gasteiger partial charge on any atom is -0.371 e. The molecule has 3 heterocycles. The van der Waals surface area contributed by atoms with Crippen LogP contribution in [0.2, 0.25) is 0 Å². The lowest BCUT2D eigenvalue weighted by molar-refractivity contribution is 0.325. The van der Waals surface area contributed by atoms with Crippen molar-refractivity contribution in [3.8, 4) is 11.3 Å². The zero-order valence-corrected chi connectivity index (χ0v) is 21.3. The van der Waals surface area contributed by atoms with Gasteiger partial charge in [0, 0.05) is 29.9 Å². The van der Waals surface area contributed by atoms with Crippen molar-refractivity contribution < 1.29 is 0 Å². The number of hydrazine groups is 1. The first-order valence-electron chi connectivity index (χ1n) is 13.2. The van der Waals surface area contributed by atoms with Crippen LogP contribution in [0.4, 0.5) is 5.82 Å². The minimum atomic E-state index is -1.19. The predicted molar refractivity (Wildman–Crippen MR) is 148 cm³/mol. The standard InChI is InChI=1S/C29H34N8/c1-2-25(36-17-6-3-7-18-36)21-13-15-23(16-14-21)29(31)32-28(30)37(35-29)26-19-22-11-8-10-20-9-4-5-12-24(20)27(22)34-33-26/h2,4-5,9,12-16,19,35H,3,6-8,10-11,17-18,31H2,1H3,(H2,30,32)/b25-2+. The van der Waals surface area contributed by atoms with Crippen LogP contribution < -0.4 is 21.9 Å². The van der Waals surface area contributed by atoms with Gasteiger partial charge in [0.1, 0.15) is 0 Å². The Hall–Kier alpha value is -3.75. The van der Waals surface area contributed by atoms with Gasteiger partial charge in [-0.2, -0.15) is 5.43 Å². The number of anilines is 1. The summed E-state index contributed by atoms with van der Waals surface area (Å²) in [5, 5.41) is 10.8. The molecule has 1 fully saturated rings. The number of likely N-dealkylation sites (tertiary alicyclic amines) is 1. The highest BCUT2D eigenvalue weighted by molar-refractivity contribution is 5.95. The molecule has 1 unspecified atom stereocenters. The monoisotopic (exact) mass is 494 g/mol. The molecule has 1 atom stereocenters. The summed E-state index contributed by atoms with van der Waals surface area (Å²) in [5.74, 6) is -0.341. The Morgan fingerprint density at radius 2 is 1.70 bits per heavy atom. The molecular weight excluding hydrogens is 460 g/mol. The lowest BCUT2D eigenvalue weighted by atomic mass is 10.0. The molecule has 2 aliphatic heterocycles. The normalized spacial score (nSPS) is 21.8. The number of piperidine rings is 1. The number of aliphatic imine (C=N–C) groups is 1. The van der Waals surface area contributed by atoms with Crippen LogP contribution in [0.25, 0.3) is 17.0 Å². The van der Waals surface area contributed by atoms with Crippen molar-refractivity contribution in [3.05, 3.63) is 82.9 Å². The van der Waals surface area contributed by atoms with Gasteiger partial charge in [-0.15, -0.1) is 10.2 Å². The summed E-state index contributed by atoms with van der Waals surface area (Å²) in [5.41, 5.74) is 24.2. The fraction of sp³-hybridized carbons (Fsp3) is 0.345. The first-order chi connectivity index (χ1) is 18.1. The van der Waals surface area contributed by atoms with Crippen molar-refractivity contribution >= 4 is 17.5 Å². The van der Waals surface area contributed by atoms with Crippen molar-refractivity contribution in [2.24, 2.45) is 16.5 Å². The van der Waals surface area contributed by atoms with E-state index in [0.717, 1.165) is 54.7 Å². The van der Waals surface area contributed by atoms with Crippen LogP contribution in [0.15, 0.2) is 65.7 Å². The van der Waals surface area contributed by atoms with E-state index in [9.17, 15) is 0 Å². The number of nitrogens with one attached hydrogen (secondary N) is 1. The number of rotatable bonds is 4. The third-order valence-electron chi connectivity index (χ3n) is 7.65. The second kappa shape index (κ2) is 9.61. The van der Waals surface area contributed by atoms with E-state index in [2.05, 4.69) is 74.9 Å². The van der Waals surface area contributed by atoms with Crippen molar-refractivity contribution in [3.63, 3.8) is 0 Å². The summed E-state index contributed by atoms with van der Waals surface area (Å²) in [7, 11) is 0. The molecule has 1 saturated heterocycles. The van der Waals surface area contributed by atoms with Gasteiger partial charge in [-0.25, -0.2) is 10.0 Å². The highest BCUT2D eigenvalue weighted by Gasteiger charge is 2.38. The first-order valence-corrected chi connectivity index (χ1v) is 13.2. The fourth-order valence-electron chi connectivity index (χ4n) is 5.73. The van der Waals surface area contributed by atoms with Crippen LogP contribution in [0.1, 0.15) is 54.9 Å². The van der Waals surface area contributed by atoms with Crippen LogP contribution in [0.3, 0.4) is 0 Å². The molecule has 6 rings (SSSR count). The molecule has 8 nitrogen and oxygen atoms in total. The van der Waals surface area contributed by atoms with Crippen LogP contribution in [0, 0.1) is 0 Å². The summed E-state index contributed by atoms with van der Waals surface area (Å²) < 4.78 is 0. The summed E-state index contributed by atoms with van der Waals surface area (Å²) in [4.78, 5) is 7.06. The number of aromatic nitrogens is 2. The van der Waals surface area contributed by atoms with E-state index >= 15 is 0 Å². The summed E-state index contributed by atoms with van der Waals surface area (Å²) in [6.07, 6.45) is 9.01. The van der Waals surface area contributed by atoms with Gasteiger partial charge in [0.2, 0.25) is 11.7 Å². The molecule has 0 saturated carbocycles. The molecule has 1 aromatic heterocycles. The molecule has 2 aromatic carbocycles. The van der Waals surface area contributed by atoms with Crippen molar-refractivity contribution in [2.75, 3.05) is 18.1 Å². The van der Waals surface area contributed by atoms with Gasteiger partial charge >= 0.3 is 0 Å². The van der Waals surface area contributed by atoms with Crippen molar-refractivity contribution in [1.82, 2.24) is 20.5 Å². The number of benzene rings is 2. The van der Waals surface area contributed by atoms with E-state index in [1.165, 1.54) is 36.1 Å². The second-order valence-electron chi connectivity index (χ2n) is 10.1. The maximum absolute atomic E-state index is 6.73. The highest BCUT2D eigenvalue weighted by Crippen LogP contribution is 2.33. The van der Waals surface area contributed by atoms with Gasteiger partial charge in [0.15, 0.2) is 5.82 Å². The Labute approximate surface area is 218 Å². The summed E-state index contributed by atoms with van der Waals surface area (Å²) in [6.45, 7) is 4.31. The van der Waals surface area contributed by atoms with Crippen LogP contribution >= 0.6 is 0 Å². The summed E-state index contributed by atoms with van der Waals surface area (Å²) in [6, 6.07) is 18.8. The molecule has 0 spiro atoms. The zero-order valence-electron chi connectivity index (χ0n) is 21.3. The number of aryl methyl sites for hydroxylation is 2. The lowest BCUT2D eigenvalue weighted by Crippen LogP contribution is -2.53. The zero-order chi connectivity index (χ0) is 25.4. The molecule has 190 valence electrons. The SMILES string of the molecule is C/C=C(\c1ccc(C2(N)N=C(N)N(c3cc4c(nn3)-c3ccccc3CCC4)N2)cc1)N1CCCCC1. The van der Waals surface area contributed by atoms with Crippen LogP contribution in [-0.4, -0.2) is 34.1 Å². The van der Waals surface area contributed by atoms with E-state index in [0.29, 0.717) is 5.82 Å². The summed E-state index contributed by atoms with van der Waals surface area (Å²) >= 11 is 0. The van der Waals surface area contributed by atoms with Gasteiger partial charge in [-0.1, -0.05) is 54.6 Å². The topological polar surface area (TPSA) is 109 Å². The number of hydrogen-bond acceptors (Lipinski definition) is 8. The number of allylic oxidation sites excluding steroid dienone is 1. The molecule has 5 N–H and O–H groups in total. The average Bonchev–Trinajstić information content (AvgIpc) is 3.13. The number of hydrogen-bond donors (Lipinski definition) is 3. The Bertz CT molecular complexity index is 1360. The average molecular weight is 495 g/mol. The molecule has 3 aromatic rings. The molecule has 3 aliphatic rings. The van der Waals surface area contributed by atoms with Crippen LogP contribution in [0.5, 0.6) is 0 Å². The molecule has 1 aliphatic carbocycles. The first kappa shape index (κ1) is 23.6. The van der Waals surface area contributed by atoms with Gasteiger partial charge < -0.3 is 10.6 Å². The quantitative estimate of drug-likeness (QED) is 0.505. The Balaban J connectivity index is 1.24. The molecule has 8 heteroatoms. The van der Waals surface area contributed by atoms with E-state index < -0.39 is 5.79 Å². The fourth-order valence-corrected chi connectivity index (χ4v) is 5.73. The second-order valence-corrected chi connectivity index (χ2v) is 10.1. The molecule has 0 amide bonds. The highest BCUT2D eigenvalue weighted by atomic mass is 15.7. The van der Waals surface area contributed by atoms with E-state index in [4.69, 9.17) is 11.5 Å². The largest absolute Gasteiger partial charge is 0.371 e. The lowest BCUT2D eigenvalue weighted by Gasteiger charge is -2.31. The van der Waals surface area contributed by atoms with Gasteiger partial charge in [-0.05, 0) is 68.2 Å². The number of nitrogens with zero attached hydrogens (tertiary/aromatic N) is 5. The Morgan fingerprint density at radius 1 is 0.946 bits per heavy atom. The van der Waals surface area contributed by atoms with Gasteiger partial charge in [0.05, 0.1) is 5.69 Å². The predicted octanol–water partition coefficient (Wildman–Crippen LogP) is 3.89. The number of nitrogens with two attached hydrogens (primary N) is 2. The van der Waals surface area contributed by atoms with E-state index in [1.54, 1.807) is 5.01 Å². The minimum absolute atomic E-state index is 0.261. The number of fused-ring (bicyclic) bond motifs is 3. The van der Waals surface area contributed by atoms with Crippen molar-refractivity contribution in [2.45, 2.75) is 51.2 Å². The molecule has 0 radical (unpaired) electrons. The maximum Gasteiger partial charge on any atom is 0.215 e. The molecule has 0 bridgehead atoms. The third-order valence-corrected chi connectivity index (χ3v) is 7.65. The third kappa shape index (κ3) is 4.36. The van der Waals surface area contributed by atoms with Gasteiger partial charge in [0.25, 0.3) is 0 Å². The van der Waals surface area contributed by atoms with Gasteiger partial charge in [-0.3, -0.25) is 5.73 Å². The maximum atomic E-state index is 6.73. The Kier molecular flexibility index (Phi) is 6.14.